The fraction of sp³-hybridized carbons (Fsp3) is 0.500. The van der Waals surface area contributed by atoms with Crippen molar-refractivity contribution in [3.8, 4) is 0 Å². The molecule has 1 N–H and O–H groups in total. The fourth-order valence-electron chi connectivity index (χ4n) is 1.24. The van der Waals surface area contributed by atoms with E-state index >= 15 is 0 Å². The number of ether oxygens (including phenoxy) is 3. The molecule has 0 bridgehead atoms. The van der Waals surface area contributed by atoms with Crippen molar-refractivity contribution in [2.75, 3.05) is 6.61 Å². The Morgan fingerprint density at radius 2 is 1.70 bits per heavy atom. The quantitative estimate of drug-likeness (QED) is 0.237. The summed E-state index contributed by atoms with van der Waals surface area (Å²) in [6.07, 6.45) is 1.68. The van der Waals surface area contributed by atoms with Gasteiger partial charge in [-0.05, 0) is 12.2 Å². The van der Waals surface area contributed by atoms with Gasteiger partial charge in [0.15, 0.2) is 12.2 Å². The lowest BCUT2D eigenvalue weighted by Gasteiger charge is -2.23. The number of esters is 3. The first-order valence-corrected chi connectivity index (χ1v) is 5.68. The third-order valence-corrected chi connectivity index (χ3v) is 1.89. The first-order valence-electron chi connectivity index (χ1n) is 5.68. The Morgan fingerprint density at radius 1 is 1.10 bits per heavy atom. The molecule has 0 rings (SSSR count). The van der Waals surface area contributed by atoms with E-state index in [9.17, 15) is 14.4 Å². The highest BCUT2D eigenvalue weighted by Gasteiger charge is 2.26. The molecular formula is C12H17NO7. The zero-order valence-electron chi connectivity index (χ0n) is 11.4. The lowest BCUT2D eigenvalue weighted by Crippen LogP contribution is -2.37. The van der Waals surface area contributed by atoms with Crippen molar-refractivity contribution < 1.29 is 33.8 Å². The summed E-state index contributed by atoms with van der Waals surface area (Å²) in [6, 6.07) is 0. The molecule has 0 unspecified atom stereocenters. The minimum absolute atomic E-state index is 0.270. The first-order chi connectivity index (χ1) is 9.36. The molecule has 0 saturated carbocycles. The highest BCUT2D eigenvalue weighted by molar-refractivity contribution is 5.71. The monoisotopic (exact) mass is 287 g/mol. The normalized spacial score (nSPS) is 13.9. The molecule has 8 heteroatoms. The van der Waals surface area contributed by atoms with E-state index in [-0.39, 0.29) is 6.61 Å². The zero-order chi connectivity index (χ0) is 15.5. The summed E-state index contributed by atoms with van der Waals surface area (Å²) in [4.78, 5) is 32.8. The molecule has 0 aliphatic rings. The zero-order valence-corrected chi connectivity index (χ0v) is 11.4. The van der Waals surface area contributed by atoms with Crippen molar-refractivity contribution in [1.29, 1.82) is 0 Å². The van der Waals surface area contributed by atoms with Crippen LogP contribution < -0.4 is 0 Å². The van der Waals surface area contributed by atoms with Crippen LogP contribution in [0.1, 0.15) is 20.8 Å². The van der Waals surface area contributed by atoms with E-state index in [1.54, 1.807) is 0 Å². The number of oxime groups is 1. The molecule has 0 fully saturated rings. The van der Waals surface area contributed by atoms with Gasteiger partial charge in [0.2, 0.25) is 0 Å². The second-order valence-electron chi connectivity index (χ2n) is 3.67. The molecule has 0 aliphatic carbocycles. The van der Waals surface area contributed by atoms with Crippen LogP contribution in [0, 0.1) is 0 Å². The predicted molar refractivity (Wildman–Crippen MR) is 67.2 cm³/mol. The molecular weight excluding hydrogens is 270 g/mol. The van der Waals surface area contributed by atoms with Gasteiger partial charge >= 0.3 is 17.9 Å². The molecule has 0 aromatic carbocycles. The molecule has 20 heavy (non-hydrogen) atoms. The van der Waals surface area contributed by atoms with Crippen molar-refractivity contribution in [3.63, 3.8) is 0 Å². The smallest absolute Gasteiger partial charge is 0.303 e. The summed E-state index contributed by atoms with van der Waals surface area (Å²) < 4.78 is 14.6. The SMILES string of the molecule is CC(=O)OC[C@@H](OC(C)=O)[C@H](/C=C/C=N/O)OC(C)=O. The number of nitrogens with zero attached hydrogens (tertiary/aromatic N) is 1. The highest BCUT2D eigenvalue weighted by Crippen LogP contribution is 2.09. The molecule has 0 saturated heterocycles. The minimum atomic E-state index is -0.997. The molecule has 0 amide bonds. The Bertz CT molecular complexity index is 403. The van der Waals surface area contributed by atoms with Crippen molar-refractivity contribution in [2.24, 2.45) is 5.16 Å². The van der Waals surface area contributed by atoms with E-state index in [0.717, 1.165) is 6.21 Å². The van der Waals surface area contributed by atoms with Crippen molar-refractivity contribution in [2.45, 2.75) is 33.0 Å². The summed E-state index contributed by atoms with van der Waals surface area (Å²) in [5.41, 5.74) is 0. The Balaban J connectivity index is 4.97. The van der Waals surface area contributed by atoms with Crippen molar-refractivity contribution >= 4 is 24.1 Å². The summed E-state index contributed by atoms with van der Waals surface area (Å²) >= 11 is 0. The van der Waals surface area contributed by atoms with E-state index in [2.05, 4.69) is 5.16 Å². The average molecular weight is 287 g/mol. The van der Waals surface area contributed by atoms with Crippen LogP contribution in [0.3, 0.4) is 0 Å². The molecule has 0 aliphatic heterocycles. The summed E-state index contributed by atoms with van der Waals surface area (Å²) in [5, 5.41) is 11.0. The summed E-state index contributed by atoms with van der Waals surface area (Å²) in [6.45, 7) is 3.27. The third-order valence-electron chi connectivity index (χ3n) is 1.89. The molecule has 0 spiro atoms. The largest absolute Gasteiger partial charge is 0.462 e. The highest BCUT2D eigenvalue weighted by atomic mass is 16.6. The van der Waals surface area contributed by atoms with Gasteiger partial charge in [0.1, 0.15) is 6.61 Å². The van der Waals surface area contributed by atoms with Gasteiger partial charge in [0.25, 0.3) is 0 Å². The van der Waals surface area contributed by atoms with E-state index in [0.29, 0.717) is 0 Å². The molecule has 0 radical (unpaired) electrons. The number of hydrogen-bond acceptors (Lipinski definition) is 8. The molecule has 8 nitrogen and oxygen atoms in total. The van der Waals surface area contributed by atoms with Gasteiger partial charge in [0.05, 0.1) is 6.21 Å². The Kier molecular flexibility index (Phi) is 8.40. The minimum Gasteiger partial charge on any atom is -0.462 e. The van der Waals surface area contributed by atoms with Gasteiger partial charge in [-0.2, -0.15) is 0 Å². The van der Waals surface area contributed by atoms with Gasteiger partial charge in [-0.15, -0.1) is 0 Å². The number of rotatable bonds is 7. The number of hydrogen-bond donors (Lipinski definition) is 1. The standard InChI is InChI=1S/C12H17NO7/c1-8(14)18-7-12(20-10(3)16)11(19-9(2)15)5-4-6-13-17/h4-6,11-12,17H,7H2,1-3H3/b5-4+,13-6+/t11-,12+/m0/s1. The van der Waals surface area contributed by atoms with Crippen LogP contribution in [0.4, 0.5) is 0 Å². The summed E-state index contributed by atoms with van der Waals surface area (Å²) in [5.74, 6) is -1.80. The Morgan fingerprint density at radius 3 is 2.15 bits per heavy atom. The van der Waals surface area contributed by atoms with Crippen molar-refractivity contribution in [1.82, 2.24) is 0 Å². The van der Waals surface area contributed by atoms with Gasteiger partial charge in [-0.1, -0.05) is 5.16 Å². The molecule has 112 valence electrons. The molecule has 0 heterocycles. The van der Waals surface area contributed by atoms with E-state index in [1.807, 2.05) is 0 Å². The van der Waals surface area contributed by atoms with Crippen LogP contribution in [0.25, 0.3) is 0 Å². The van der Waals surface area contributed by atoms with Gasteiger partial charge in [-0.25, -0.2) is 0 Å². The lowest BCUT2D eigenvalue weighted by molar-refractivity contribution is -0.169. The van der Waals surface area contributed by atoms with Crippen LogP contribution in [0.15, 0.2) is 17.3 Å². The fourth-order valence-corrected chi connectivity index (χ4v) is 1.24. The maximum Gasteiger partial charge on any atom is 0.303 e. The van der Waals surface area contributed by atoms with E-state index < -0.39 is 30.1 Å². The first kappa shape index (κ1) is 17.6. The van der Waals surface area contributed by atoms with Gasteiger partial charge < -0.3 is 19.4 Å². The number of carbonyl (C=O) groups is 3. The van der Waals surface area contributed by atoms with Crippen LogP contribution in [0.5, 0.6) is 0 Å². The van der Waals surface area contributed by atoms with Crippen molar-refractivity contribution in [3.05, 3.63) is 12.2 Å². The van der Waals surface area contributed by atoms with Crippen LogP contribution >= 0.6 is 0 Å². The van der Waals surface area contributed by atoms with Gasteiger partial charge in [-0.3, -0.25) is 14.4 Å². The Labute approximate surface area is 116 Å². The second kappa shape index (κ2) is 9.54. The molecule has 0 aromatic rings. The van der Waals surface area contributed by atoms with Crippen LogP contribution in [0.2, 0.25) is 0 Å². The average Bonchev–Trinajstić information content (AvgIpc) is 2.32. The number of carbonyl (C=O) groups excluding carboxylic acids is 3. The molecule has 0 aromatic heterocycles. The summed E-state index contributed by atoms with van der Waals surface area (Å²) in [7, 11) is 0. The third kappa shape index (κ3) is 8.67. The van der Waals surface area contributed by atoms with Gasteiger partial charge in [0, 0.05) is 20.8 Å². The lowest BCUT2D eigenvalue weighted by atomic mass is 10.2. The van der Waals surface area contributed by atoms with E-state index in [1.165, 1.54) is 32.9 Å². The molecule has 2 atom stereocenters. The maximum atomic E-state index is 11.0. The van der Waals surface area contributed by atoms with E-state index in [4.69, 9.17) is 19.4 Å². The maximum absolute atomic E-state index is 11.0. The second-order valence-corrected chi connectivity index (χ2v) is 3.67. The Hall–Kier alpha value is -2.38. The van der Waals surface area contributed by atoms with Crippen LogP contribution in [-0.2, 0) is 28.6 Å². The van der Waals surface area contributed by atoms with Crippen LogP contribution in [-0.4, -0.2) is 48.1 Å². The predicted octanol–water partition coefficient (Wildman–Crippen LogP) is 0.429. The topological polar surface area (TPSA) is 111 Å². The number of allylic oxidation sites excluding steroid dienone is 1.